The van der Waals surface area contributed by atoms with E-state index in [1.807, 2.05) is 29.5 Å². The summed E-state index contributed by atoms with van der Waals surface area (Å²) in [6.07, 6.45) is 2.33. The van der Waals surface area contributed by atoms with E-state index < -0.39 is 0 Å². The molecular weight excluding hydrogens is 252 g/mol. The Morgan fingerprint density at radius 3 is 2.75 bits per heavy atom. The highest BCUT2D eigenvalue weighted by Gasteiger charge is 2.23. The average Bonchev–Trinajstić information content (AvgIpc) is 2.86. The molecule has 0 radical (unpaired) electrons. The zero-order chi connectivity index (χ0) is 14.5. The van der Waals surface area contributed by atoms with Crippen molar-refractivity contribution in [3.8, 4) is 0 Å². The van der Waals surface area contributed by atoms with Crippen molar-refractivity contribution in [1.29, 1.82) is 0 Å². The van der Waals surface area contributed by atoms with Gasteiger partial charge in [0.15, 0.2) is 0 Å². The van der Waals surface area contributed by atoms with Crippen LogP contribution in [0.5, 0.6) is 0 Å². The summed E-state index contributed by atoms with van der Waals surface area (Å²) in [4.78, 5) is 14.7. The van der Waals surface area contributed by atoms with E-state index in [9.17, 15) is 4.79 Å². The number of carbonyl (C=O) groups is 1. The Kier molecular flexibility index (Phi) is 5.17. The smallest absolute Gasteiger partial charge is 0.272 e. The molecule has 20 heavy (non-hydrogen) atoms. The van der Waals surface area contributed by atoms with Crippen LogP contribution in [0.1, 0.15) is 42.9 Å². The number of hydrogen-bond acceptors (Lipinski definition) is 3. The lowest BCUT2D eigenvalue weighted by Gasteiger charge is -2.29. The maximum atomic E-state index is 12.7. The number of aryl methyl sites for hydroxylation is 2. The number of amides is 1. The zero-order valence-electron chi connectivity index (χ0n) is 12.9. The second kappa shape index (κ2) is 6.88. The van der Waals surface area contributed by atoms with Crippen molar-refractivity contribution in [3.63, 3.8) is 0 Å². The molecule has 0 atom stereocenters. The molecule has 2 rings (SSSR count). The Hall–Kier alpha value is -1.36. The van der Waals surface area contributed by atoms with Gasteiger partial charge >= 0.3 is 0 Å². The predicted octanol–water partition coefficient (Wildman–Crippen LogP) is 1.67. The van der Waals surface area contributed by atoms with E-state index in [1.165, 1.54) is 0 Å². The lowest BCUT2D eigenvalue weighted by Crippen LogP contribution is -2.40. The van der Waals surface area contributed by atoms with Crippen molar-refractivity contribution in [3.05, 3.63) is 17.5 Å². The molecule has 1 fully saturated rings. The summed E-state index contributed by atoms with van der Waals surface area (Å²) in [7, 11) is 0. The summed E-state index contributed by atoms with van der Waals surface area (Å²) in [5, 5.41) is 7.74. The molecule has 1 aromatic heterocycles. The van der Waals surface area contributed by atoms with Crippen LogP contribution in [0.15, 0.2) is 6.07 Å². The standard InChI is InChI=1S/C15H26N4O/c1-4-18(11-13-6-8-16-9-7-13)15(20)14-10-12(3)17-19(14)5-2/h10,13,16H,4-9,11H2,1-3H3. The number of rotatable bonds is 5. The van der Waals surface area contributed by atoms with Crippen molar-refractivity contribution in [2.45, 2.75) is 40.2 Å². The fourth-order valence-electron chi connectivity index (χ4n) is 2.85. The second-order valence-corrected chi connectivity index (χ2v) is 5.52. The predicted molar refractivity (Wildman–Crippen MR) is 79.8 cm³/mol. The summed E-state index contributed by atoms with van der Waals surface area (Å²) in [5.41, 5.74) is 1.63. The van der Waals surface area contributed by atoms with Crippen molar-refractivity contribution in [2.24, 2.45) is 5.92 Å². The molecule has 1 amide bonds. The van der Waals surface area contributed by atoms with Crippen LogP contribution >= 0.6 is 0 Å². The Balaban J connectivity index is 2.07. The number of nitrogens with zero attached hydrogens (tertiary/aromatic N) is 3. The van der Waals surface area contributed by atoms with Crippen LogP contribution in [0.3, 0.4) is 0 Å². The van der Waals surface area contributed by atoms with Gasteiger partial charge in [0, 0.05) is 19.6 Å². The molecule has 112 valence electrons. The number of piperidine rings is 1. The molecule has 1 aromatic rings. The molecule has 5 nitrogen and oxygen atoms in total. The fourth-order valence-corrected chi connectivity index (χ4v) is 2.85. The largest absolute Gasteiger partial charge is 0.337 e. The van der Waals surface area contributed by atoms with Crippen LogP contribution in [0.4, 0.5) is 0 Å². The van der Waals surface area contributed by atoms with Gasteiger partial charge in [0.25, 0.3) is 5.91 Å². The first-order chi connectivity index (χ1) is 9.65. The van der Waals surface area contributed by atoms with Gasteiger partial charge in [-0.2, -0.15) is 5.10 Å². The highest BCUT2D eigenvalue weighted by molar-refractivity contribution is 5.92. The maximum absolute atomic E-state index is 12.7. The van der Waals surface area contributed by atoms with Gasteiger partial charge in [-0.1, -0.05) is 0 Å². The third-order valence-electron chi connectivity index (χ3n) is 4.03. The third-order valence-corrected chi connectivity index (χ3v) is 4.03. The van der Waals surface area contributed by atoms with Gasteiger partial charge in [0.2, 0.25) is 0 Å². The first kappa shape index (κ1) is 15.0. The lowest BCUT2D eigenvalue weighted by molar-refractivity contribution is 0.0714. The van der Waals surface area contributed by atoms with Crippen LogP contribution in [0.2, 0.25) is 0 Å². The Labute approximate surface area is 121 Å². The normalized spacial score (nSPS) is 16.4. The van der Waals surface area contributed by atoms with Crippen LogP contribution in [-0.4, -0.2) is 46.8 Å². The molecular formula is C15H26N4O. The number of hydrogen-bond donors (Lipinski definition) is 1. The topological polar surface area (TPSA) is 50.2 Å². The molecule has 0 aromatic carbocycles. The average molecular weight is 278 g/mol. The van der Waals surface area contributed by atoms with Crippen molar-refractivity contribution in [1.82, 2.24) is 20.0 Å². The van der Waals surface area contributed by atoms with Crippen molar-refractivity contribution in [2.75, 3.05) is 26.2 Å². The van der Waals surface area contributed by atoms with Gasteiger partial charge < -0.3 is 10.2 Å². The van der Waals surface area contributed by atoms with Gasteiger partial charge in [-0.05, 0) is 58.7 Å². The number of carbonyl (C=O) groups excluding carboxylic acids is 1. The molecule has 1 aliphatic heterocycles. The van der Waals surface area contributed by atoms with E-state index in [-0.39, 0.29) is 5.91 Å². The van der Waals surface area contributed by atoms with Gasteiger partial charge in [-0.25, -0.2) is 0 Å². The fraction of sp³-hybridized carbons (Fsp3) is 0.733. The van der Waals surface area contributed by atoms with Crippen LogP contribution in [0, 0.1) is 12.8 Å². The SMILES string of the molecule is CCN(CC1CCNCC1)C(=O)c1cc(C)nn1CC. The summed E-state index contributed by atoms with van der Waals surface area (Å²) in [5.74, 6) is 0.743. The number of nitrogens with one attached hydrogen (secondary N) is 1. The molecule has 0 spiro atoms. The lowest BCUT2D eigenvalue weighted by atomic mass is 9.97. The maximum Gasteiger partial charge on any atom is 0.272 e. The molecule has 0 saturated carbocycles. The minimum absolute atomic E-state index is 0.119. The molecule has 1 N–H and O–H groups in total. The third kappa shape index (κ3) is 3.39. The summed E-state index contributed by atoms with van der Waals surface area (Å²) < 4.78 is 1.81. The molecule has 0 bridgehead atoms. The molecule has 2 heterocycles. The van der Waals surface area contributed by atoms with E-state index in [1.54, 1.807) is 0 Å². The Morgan fingerprint density at radius 1 is 1.45 bits per heavy atom. The van der Waals surface area contributed by atoms with E-state index >= 15 is 0 Å². The molecule has 5 heteroatoms. The minimum Gasteiger partial charge on any atom is -0.337 e. The highest BCUT2D eigenvalue weighted by atomic mass is 16.2. The van der Waals surface area contributed by atoms with Crippen molar-refractivity contribution < 1.29 is 4.79 Å². The molecule has 0 aliphatic carbocycles. The second-order valence-electron chi connectivity index (χ2n) is 5.52. The molecule has 0 unspecified atom stereocenters. The van der Waals surface area contributed by atoms with E-state index in [2.05, 4.69) is 17.3 Å². The van der Waals surface area contributed by atoms with Crippen LogP contribution in [0.25, 0.3) is 0 Å². The molecule has 1 aliphatic rings. The molecule has 1 saturated heterocycles. The van der Waals surface area contributed by atoms with Crippen molar-refractivity contribution >= 4 is 5.91 Å². The Morgan fingerprint density at radius 2 is 2.15 bits per heavy atom. The minimum atomic E-state index is 0.119. The van der Waals surface area contributed by atoms with E-state index in [0.29, 0.717) is 5.92 Å². The monoisotopic (exact) mass is 278 g/mol. The quantitative estimate of drug-likeness (QED) is 0.891. The van der Waals surface area contributed by atoms with E-state index in [0.717, 1.165) is 57.0 Å². The zero-order valence-corrected chi connectivity index (χ0v) is 12.9. The van der Waals surface area contributed by atoms with Gasteiger partial charge in [-0.15, -0.1) is 0 Å². The Bertz CT molecular complexity index is 449. The summed E-state index contributed by atoms with van der Waals surface area (Å²) in [6, 6.07) is 1.90. The van der Waals surface area contributed by atoms with Crippen LogP contribution < -0.4 is 5.32 Å². The highest BCUT2D eigenvalue weighted by Crippen LogP contribution is 2.16. The van der Waals surface area contributed by atoms with Crippen LogP contribution in [-0.2, 0) is 6.54 Å². The number of aromatic nitrogens is 2. The summed E-state index contributed by atoms with van der Waals surface area (Å²) >= 11 is 0. The summed E-state index contributed by atoms with van der Waals surface area (Å²) in [6.45, 7) is 10.5. The van der Waals surface area contributed by atoms with E-state index in [4.69, 9.17) is 0 Å². The van der Waals surface area contributed by atoms with Gasteiger partial charge in [-0.3, -0.25) is 9.48 Å². The van der Waals surface area contributed by atoms with Gasteiger partial charge in [0.1, 0.15) is 5.69 Å². The van der Waals surface area contributed by atoms with Gasteiger partial charge in [0.05, 0.1) is 5.69 Å². The first-order valence-electron chi connectivity index (χ1n) is 7.70. The first-order valence-corrected chi connectivity index (χ1v) is 7.70.